The fourth-order valence-electron chi connectivity index (χ4n) is 1.25. The molecule has 1 aromatic rings. The first kappa shape index (κ1) is 14.0. The minimum absolute atomic E-state index is 0.311. The van der Waals surface area contributed by atoms with Crippen LogP contribution in [0, 0.1) is 5.92 Å². The molecule has 0 aliphatic rings. The lowest BCUT2D eigenvalue weighted by Gasteiger charge is -2.10. The van der Waals surface area contributed by atoms with E-state index in [0.717, 1.165) is 12.5 Å². The lowest BCUT2D eigenvalue weighted by molar-refractivity contribution is -0.131. The summed E-state index contributed by atoms with van der Waals surface area (Å²) in [5.41, 5.74) is 6.33. The zero-order valence-electron chi connectivity index (χ0n) is 10.6. The molecule has 5 heteroatoms. The van der Waals surface area contributed by atoms with Gasteiger partial charge in [-0.3, -0.25) is 0 Å². The molecular formula is C13H18N2O3. The molecule has 98 valence electrons. The summed E-state index contributed by atoms with van der Waals surface area (Å²) in [6.07, 6.45) is 4.92. The largest absolute Gasteiger partial charge is 0.490 e. The van der Waals surface area contributed by atoms with Gasteiger partial charge in [0, 0.05) is 12.3 Å². The average Bonchev–Trinajstić information content (AvgIpc) is 2.29. The molecule has 0 atom stereocenters. The predicted molar refractivity (Wildman–Crippen MR) is 70.3 cm³/mol. The number of rotatable bonds is 6. The molecule has 1 aromatic heterocycles. The van der Waals surface area contributed by atoms with Gasteiger partial charge in [0.2, 0.25) is 0 Å². The molecule has 18 heavy (non-hydrogen) atoms. The number of hydrogen-bond acceptors (Lipinski definition) is 4. The Hall–Kier alpha value is -2.04. The summed E-state index contributed by atoms with van der Waals surface area (Å²) in [6, 6.07) is 1.68. The molecule has 0 saturated heterocycles. The zero-order valence-corrected chi connectivity index (χ0v) is 10.6. The smallest absolute Gasteiger partial charge is 0.328 e. The van der Waals surface area contributed by atoms with Gasteiger partial charge in [-0.25, -0.2) is 9.78 Å². The third-order valence-electron chi connectivity index (χ3n) is 2.27. The number of carboxylic acid groups (broad SMARTS) is 1. The zero-order chi connectivity index (χ0) is 13.5. The van der Waals surface area contributed by atoms with Crippen molar-refractivity contribution < 1.29 is 14.6 Å². The van der Waals surface area contributed by atoms with Crippen molar-refractivity contribution in [3.05, 3.63) is 23.9 Å². The first-order valence-corrected chi connectivity index (χ1v) is 5.78. The summed E-state index contributed by atoms with van der Waals surface area (Å²) in [5, 5.41) is 8.54. The highest BCUT2D eigenvalue weighted by atomic mass is 16.5. The number of pyridine rings is 1. The number of aromatic nitrogens is 1. The third kappa shape index (κ3) is 4.86. The van der Waals surface area contributed by atoms with Crippen molar-refractivity contribution in [1.29, 1.82) is 0 Å². The molecule has 5 nitrogen and oxygen atoms in total. The van der Waals surface area contributed by atoms with Gasteiger partial charge in [0.1, 0.15) is 0 Å². The van der Waals surface area contributed by atoms with Gasteiger partial charge in [-0.05, 0) is 30.0 Å². The monoisotopic (exact) mass is 250 g/mol. The summed E-state index contributed by atoms with van der Waals surface area (Å²) >= 11 is 0. The standard InChI is InChI=1S/C13H18N2O3/c1-9(2)5-6-18-11-7-10(3-4-12(16)17)8-15-13(11)14/h3-4,7-9H,5-6H2,1-2H3,(H2,14,15)(H,16,17). The van der Waals surface area contributed by atoms with Crippen LogP contribution >= 0.6 is 0 Å². The van der Waals surface area contributed by atoms with E-state index in [4.69, 9.17) is 15.6 Å². The number of carboxylic acids is 1. The summed E-state index contributed by atoms with van der Waals surface area (Å²) < 4.78 is 5.53. The van der Waals surface area contributed by atoms with Gasteiger partial charge in [-0.2, -0.15) is 0 Å². The van der Waals surface area contributed by atoms with Crippen molar-refractivity contribution >= 4 is 17.9 Å². The topological polar surface area (TPSA) is 85.4 Å². The molecule has 0 aliphatic carbocycles. The number of carbonyl (C=O) groups is 1. The van der Waals surface area contributed by atoms with Crippen LogP contribution in [0.4, 0.5) is 5.82 Å². The highest BCUT2D eigenvalue weighted by molar-refractivity contribution is 5.85. The van der Waals surface area contributed by atoms with Crippen LogP contribution in [0.1, 0.15) is 25.8 Å². The Balaban J connectivity index is 2.72. The van der Waals surface area contributed by atoms with E-state index in [9.17, 15) is 4.79 Å². The minimum Gasteiger partial charge on any atom is -0.490 e. The van der Waals surface area contributed by atoms with Crippen molar-refractivity contribution in [2.24, 2.45) is 5.92 Å². The number of hydrogen-bond donors (Lipinski definition) is 2. The van der Waals surface area contributed by atoms with E-state index in [-0.39, 0.29) is 0 Å². The lowest BCUT2D eigenvalue weighted by atomic mass is 10.1. The molecule has 0 amide bonds. The molecule has 0 spiro atoms. The molecular weight excluding hydrogens is 232 g/mol. The van der Waals surface area contributed by atoms with Crippen LogP contribution in [0.15, 0.2) is 18.3 Å². The number of nitrogens with two attached hydrogens (primary N) is 1. The van der Waals surface area contributed by atoms with Crippen molar-refractivity contribution in [2.75, 3.05) is 12.3 Å². The first-order valence-electron chi connectivity index (χ1n) is 5.78. The van der Waals surface area contributed by atoms with Gasteiger partial charge in [0.15, 0.2) is 11.6 Å². The summed E-state index contributed by atoms with van der Waals surface area (Å²) in [6.45, 7) is 4.78. The Labute approximate surface area is 106 Å². The molecule has 1 rings (SSSR count). The fraction of sp³-hybridized carbons (Fsp3) is 0.385. The van der Waals surface area contributed by atoms with Gasteiger partial charge < -0.3 is 15.6 Å². The van der Waals surface area contributed by atoms with Gasteiger partial charge in [0.05, 0.1) is 6.61 Å². The van der Waals surface area contributed by atoms with E-state index in [1.54, 1.807) is 6.07 Å². The molecule has 0 unspecified atom stereocenters. The van der Waals surface area contributed by atoms with Crippen LogP contribution in [0.5, 0.6) is 5.75 Å². The van der Waals surface area contributed by atoms with E-state index in [2.05, 4.69) is 18.8 Å². The second-order valence-corrected chi connectivity index (χ2v) is 4.35. The van der Waals surface area contributed by atoms with Gasteiger partial charge in [-0.1, -0.05) is 13.8 Å². The highest BCUT2D eigenvalue weighted by Crippen LogP contribution is 2.21. The fourth-order valence-corrected chi connectivity index (χ4v) is 1.25. The van der Waals surface area contributed by atoms with Crippen molar-refractivity contribution in [2.45, 2.75) is 20.3 Å². The lowest BCUT2D eigenvalue weighted by Crippen LogP contribution is -2.04. The Morgan fingerprint density at radius 1 is 1.61 bits per heavy atom. The van der Waals surface area contributed by atoms with E-state index in [0.29, 0.717) is 29.7 Å². The third-order valence-corrected chi connectivity index (χ3v) is 2.27. The maximum absolute atomic E-state index is 10.4. The summed E-state index contributed by atoms with van der Waals surface area (Å²) in [7, 11) is 0. The Bertz CT molecular complexity index is 442. The van der Waals surface area contributed by atoms with E-state index in [1.165, 1.54) is 12.3 Å². The molecule has 0 aliphatic heterocycles. The molecule has 0 saturated carbocycles. The summed E-state index contributed by atoms with van der Waals surface area (Å²) in [5.74, 6) is 0.345. The van der Waals surface area contributed by atoms with Gasteiger partial charge in [-0.15, -0.1) is 0 Å². The van der Waals surface area contributed by atoms with Crippen LogP contribution in [0.3, 0.4) is 0 Å². The maximum Gasteiger partial charge on any atom is 0.328 e. The Kier molecular flexibility index (Phi) is 5.17. The molecule has 1 heterocycles. The second kappa shape index (κ2) is 6.64. The number of nitrogen functional groups attached to an aromatic ring is 1. The molecule has 0 fully saturated rings. The highest BCUT2D eigenvalue weighted by Gasteiger charge is 2.03. The van der Waals surface area contributed by atoms with E-state index >= 15 is 0 Å². The predicted octanol–water partition coefficient (Wildman–Crippen LogP) is 2.19. The van der Waals surface area contributed by atoms with Crippen molar-refractivity contribution in [3.8, 4) is 5.75 Å². The minimum atomic E-state index is -1.01. The number of anilines is 1. The number of aliphatic carboxylic acids is 1. The maximum atomic E-state index is 10.4. The van der Waals surface area contributed by atoms with E-state index < -0.39 is 5.97 Å². The van der Waals surface area contributed by atoms with Gasteiger partial charge in [0.25, 0.3) is 0 Å². The number of nitrogens with zero attached hydrogens (tertiary/aromatic N) is 1. The van der Waals surface area contributed by atoms with Crippen molar-refractivity contribution in [3.63, 3.8) is 0 Å². The van der Waals surface area contributed by atoms with Crippen LogP contribution in [0.25, 0.3) is 6.08 Å². The van der Waals surface area contributed by atoms with Gasteiger partial charge >= 0.3 is 5.97 Å². The normalized spacial score (nSPS) is 11.1. The van der Waals surface area contributed by atoms with E-state index in [1.807, 2.05) is 0 Å². The Morgan fingerprint density at radius 2 is 2.33 bits per heavy atom. The molecule has 3 N–H and O–H groups in total. The van der Waals surface area contributed by atoms with Crippen LogP contribution in [-0.4, -0.2) is 22.7 Å². The molecule has 0 radical (unpaired) electrons. The quantitative estimate of drug-likeness (QED) is 0.756. The SMILES string of the molecule is CC(C)CCOc1cc(C=CC(=O)O)cnc1N. The van der Waals surface area contributed by atoms with Crippen molar-refractivity contribution in [1.82, 2.24) is 4.98 Å². The van der Waals surface area contributed by atoms with Crippen LogP contribution in [-0.2, 0) is 4.79 Å². The summed E-state index contributed by atoms with van der Waals surface area (Å²) in [4.78, 5) is 14.4. The molecule has 0 bridgehead atoms. The first-order chi connectivity index (χ1) is 8.49. The Morgan fingerprint density at radius 3 is 2.94 bits per heavy atom. The molecule has 0 aromatic carbocycles. The average molecular weight is 250 g/mol. The second-order valence-electron chi connectivity index (χ2n) is 4.35. The van der Waals surface area contributed by atoms with Crippen LogP contribution < -0.4 is 10.5 Å². The van der Waals surface area contributed by atoms with Crippen LogP contribution in [0.2, 0.25) is 0 Å². The number of ether oxygens (including phenoxy) is 1.